The molecule has 1 amide bonds. The highest BCUT2D eigenvalue weighted by molar-refractivity contribution is 5.76. The van der Waals surface area contributed by atoms with Gasteiger partial charge in [-0.1, -0.05) is 12.1 Å². The van der Waals surface area contributed by atoms with E-state index in [1.807, 2.05) is 43.3 Å². The lowest BCUT2D eigenvalue weighted by Crippen LogP contribution is -2.27. The molecule has 0 bridgehead atoms. The first kappa shape index (κ1) is 16.8. The number of benzene rings is 1. The highest BCUT2D eigenvalue weighted by Crippen LogP contribution is 2.27. The molecule has 2 rings (SSSR count). The second-order valence-electron chi connectivity index (χ2n) is 5.23. The van der Waals surface area contributed by atoms with Gasteiger partial charge in [-0.15, -0.1) is 0 Å². The minimum Gasteiger partial charge on any atom is -0.493 e. The molecule has 0 saturated heterocycles. The lowest BCUT2D eigenvalue weighted by molar-refractivity contribution is -0.121. The highest BCUT2D eigenvalue weighted by atomic mass is 16.5. The Bertz CT molecular complexity index is 644. The maximum atomic E-state index is 12.1. The predicted octanol–water partition coefficient (Wildman–Crippen LogP) is 2.91. The quantitative estimate of drug-likeness (QED) is 0.853. The molecule has 0 aliphatic carbocycles. The van der Waals surface area contributed by atoms with Crippen molar-refractivity contribution in [1.29, 1.82) is 0 Å². The van der Waals surface area contributed by atoms with E-state index >= 15 is 0 Å². The molecule has 1 N–H and O–H groups in total. The van der Waals surface area contributed by atoms with E-state index in [-0.39, 0.29) is 11.9 Å². The average molecular weight is 314 g/mol. The maximum Gasteiger partial charge on any atom is 0.220 e. The van der Waals surface area contributed by atoms with Crippen LogP contribution < -0.4 is 14.8 Å². The van der Waals surface area contributed by atoms with Crippen molar-refractivity contribution in [2.24, 2.45) is 0 Å². The Morgan fingerprint density at radius 2 is 1.96 bits per heavy atom. The number of carbonyl (C=O) groups excluding carboxylic acids is 1. The van der Waals surface area contributed by atoms with Crippen molar-refractivity contribution >= 4 is 5.91 Å². The van der Waals surface area contributed by atoms with Crippen molar-refractivity contribution in [2.75, 3.05) is 14.2 Å². The molecule has 1 aromatic carbocycles. The molecule has 0 fully saturated rings. The number of methoxy groups -OCH3 is 2. The second-order valence-corrected chi connectivity index (χ2v) is 5.23. The number of hydrogen-bond donors (Lipinski definition) is 1. The van der Waals surface area contributed by atoms with Gasteiger partial charge in [0.1, 0.15) is 0 Å². The van der Waals surface area contributed by atoms with E-state index in [0.717, 1.165) is 11.3 Å². The van der Waals surface area contributed by atoms with Crippen molar-refractivity contribution in [3.8, 4) is 11.5 Å². The number of hydrogen-bond acceptors (Lipinski definition) is 4. The number of aryl methyl sites for hydroxylation is 1. The smallest absolute Gasteiger partial charge is 0.220 e. The first-order valence-electron chi connectivity index (χ1n) is 7.55. The summed E-state index contributed by atoms with van der Waals surface area (Å²) in [5.41, 5.74) is 1.88. The zero-order valence-corrected chi connectivity index (χ0v) is 13.7. The van der Waals surface area contributed by atoms with Crippen LogP contribution in [-0.2, 0) is 11.2 Å². The lowest BCUT2D eigenvalue weighted by atomic mass is 10.1. The molecule has 5 nitrogen and oxygen atoms in total. The molecule has 122 valence electrons. The molecule has 0 spiro atoms. The van der Waals surface area contributed by atoms with Gasteiger partial charge in [0.15, 0.2) is 11.5 Å². The summed E-state index contributed by atoms with van der Waals surface area (Å²) in [4.78, 5) is 16.3. The molecule has 5 heteroatoms. The van der Waals surface area contributed by atoms with Crippen molar-refractivity contribution in [1.82, 2.24) is 10.3 Å². The number of carbonyl (C=O) groups is 1. The van der Waals surface area contributed by atoms with Crippen molar-refractivity contribution in [2.45, 2.75) is 25.8 Å². The molecule has 1 heterocycles. The van der Waals surface area contributed by atoms with Gasteiger partial charge in [0.05, 0.1) is 26.0 Å². The minimum atomic E-state index is -0.103. The largest absolute Gasteiger partial charge is 0.493 e. The van der Waals surface area contributed by atoms with E-state index in [0.29, 0.717) is 24.3 Å². The summed E-state index contributed by atoms with van der Waals surface area (Å²) in [6.45, 7) is 1.93. The van der Waals surface area contributed by atoms with Crippen molar-refractivity contribution in [3.05, 3.63) is 53.9 Å². The monoisotopic (exact) mass is 314 g/mol. The van der Waals surface area contributed by atoms with Crippen molar-refractivity contribution in [3.63, 3.8) is 0 Å². The van der Waals surface area contributed by atoms with Gasteiger partial charge in [0.25, 0.3) is 0 Å². The predicted molar refractivity (Wildman–Crippen MR) is 88.7 cm³/mol. The summed E-state index contributed by atoms with van der Waals surface area (Å²) in [5, 5.41) is 2.96. The standard InChI is InChI=1S/C18H22N2O3/c1-13(15-6-4-5-11-19-15)20-18(21)10-8-14-7-9-16(22-2)17(12-14)23-3/h4-7,9,11-13H,8,10H2,1-3H3,(H,20,21). The van der Waals surface area contributed by atoms with Gasteiger partial charge in [-0.3, -0.25) is 9.78 Å². The van der Waals surface area contributed by atoms with Crippen LogP contribution in [0, 0.1) is 0 Å². The van der Waals surface area contributed by atoms with Crippen LogP contribution in [0.2, 0.25) is 0 Å². The Balaban J connectivity index is 1.89. The summed E-state index contributed by atoms with van der Waals surface area (Å²) >= 11 is 0. The zero-order chi connectivity index (χ0) is 16.7. The topological polar surface area (TPSA) is 60.5 Å². The Morgan fingerprint density at radius 1 is 1.17 bits per heavy atom. The Labute approximate surface area is 136 Å². The number of pyridine rings is 1. The number of rotatable bonds is 7. The van der Waals surface area contributed by atoms with Crippen LogP contribution in [0.4, 0.5) is 0 Å². The molecule has 0 aliphatic heterocycles. The van der Waals surface area contributed by atoms with Crippen molar-refractivity contribution < 1.29 is 14.3 Å². The van der Waals surface area contributed by atoms with Gasteiger partial charge in [0.2, 0.25) is 5.91 Å². The average Bonchev–Trinajstić information content (AvgIpc) is 2.60. The fourth-order valence-electron chi connectivity index (χ4n) is 2.31. The van der Waals surface area contributed by atoms with E-state index in [1.54, 1.807) is 20.4 Å². The molecular formula is C18H22N2O3. The van der Waals surface area contributed by atoms with Gasteiger partial charge in [0, 0.05) is 12.6 Å². The van der Waals surface area contributed by atoms with Gasteiger partial charge in [-0.25, -0.2) is 0 Å². The van der Waals surface area contributed by atoms with Gasteiger partial charge >= 0.3 is 0 Å². The van der Waals surface area contributed by atoms with E-state index in [1.165, 1.54) is 0 Å². The van der Waals surface area contributed by atoms with Crippen LogP contribution in [0.5, 0.6) is 11.5 Å². The molecule has 0 aliphatic rings. The first-order chi connectivity index (χ1) is 11.1. The summed E-state index contributed by atoms with van der Waals surface area (Å²) < 4.78 is 10.5. The third-order valence-corrected chi connectivity index (χ3v) is 3.60. The van der Waals surface area contributed by atoms with Crippen LogP contribution in [0.25, 0.3) is 0 Å². The normalized spacial score (nSPS) is 11.6. The number of aromatic nitrogens is 1. The first-order valence-corrected chi connectivity index (χ1v) is 7.55. The third kappa shape index (κ3) is 4.71. The molecule has 1 aromatic heterocycles. The van der Waals surface area contributed by atoms with E-state index in [2.05, 4.69) is 10.3 Å². The molecule has 1 unspecified atom stereocenters. The Morgan fingerprint density at radius 3 is 2.61 bits per heavy atom. The Hall–Kier alpha value is -2.56. The molecule has 0 saturated carbocycles. The number of amides is 1. The summed E-state index contributed by atoms with van der Waals surface area (Å²) in [7, 11) is 3.20. The van der Waals surface area contributed by atoms with Crippen LogP contribution in [0.3, 0.4) is 0 Å². The lowest BCUT2D eigenvalue weighted by Gasteiger charge is -2.13. The second kappa shape index (κ2) is 8.17. The molecule has 2 aromatic rings. The summed E-state index contributed by atoms with van der Waals surface area (Å²) in [5.74, 6) is 1.36. The van der Waals surface area contributed by atoms with Crippen LogP contribution in [0.1, 0.15) is 30.6 Å². The number of nitrogens with one attached hydrogen (secondary N) is 1. The van der Waals surface area contributed by atoms with Crippen LogP contribution >= 0.6 is 0 Å². The zero-order valence-electron chi connectivity index (χ0n) is 13.7. The fourth-order valence-corrected chi connectivity index (χ4v) is 2.31. The minimum absolute atomic E-state index is 0.00191. The molecule has 23 heavy (non-hydrogen) atoms. The number of nitrogens with zero attached hydrogens (tertiary/aromatic N) is 1. The van der Waals surface area contributed by atoms with E-state index in [4.69, 9.17) is 9.47 Å². The Kier molecular flexibility index (Phi) is 5.97. The molecule has 1 atom stereocenters. The fraction of sp³-hybridized carbons (Fsp3) is 0.333. The molecule has 0 radical (unpaired) electrons. The summed E-state index contributed by atoms with van der Waals surface area (Å²) in [6, 6.07) is 11.3. The molecular weight excluding hydrogens is 292 g/mol. The number of ether oxygens (including phenoxy) is 2. The van der Waals surface area contributed by atoms with E-state index < -0.39 is 0 Å². The van der Waals surface area contributed by atoms with Crippen LogP contribution in [-0.4, -0.2) is 25.1 Å². The van der Waals surface area contributed by atoms with Crippen LogP contribution in [0.15, 0.2) is 42.6 Å². The summed E-state index contributed by atoms with van der Waals surface area (Å²) in [6.07, 6.45) is 2.77. The highest BCUT2D eigenvalue weighted by Gasteiger charge is 2.11. The SMILES string of the molecule is COc1ccc(CCC(=O)NC(C)c2ccccn2)cc1OC. The van der Waals surface area contributed by atoms with Gasteiger partial charge in [-0.2, -0.15) is 0 Å². The van der Waals surface area contributed by atoms with Gasteiger partial charge in [-0.05, 0) is 43.2 Å². The maximum absolute atomic E-state index is 12.1. The van der Waals surface area contributed by atoms with E-state index in [9.17, 15) is 4.79 Å². The third-order valence-electron chi connectivity index (χ3n) is 3.60. The van der Waals surface area contributed by atoms with Gasteiger partial charge < -0.3 is 14.8 Å².